The topological polar surface area (TPSA) is 38.9 Å². The Morgan fingerprint density at radius 3 is 2.44 bits per heavy atom. The molecule has 1 saturated carbocycles. The molecule has 2 nitrogen and oxygen atoms in total. The van der Waals surface area contributed by atoms with Gasteiger partial charge >= 0.3 is 0 Å². The van der Waals surface area contributed by atoms with E-state index in [0.29, 0.717) is 5.13 Å². The normalized spacial score (nSPS) is 16.0. The van der Waals surface area contributed by atoms with E-state index in [9.17, 15) is 0 Å². The molecule has 0 radical (unpaired) electrons. The lowest BCUT2D eigenvalue weighted by molar-refractivity contribution is 0.420. The van der Waals surface area contributed by atoms with E-state index in [2.05, 4.69) is 29.2 Å². The highest BCUT2D eigenvalue weighted by Gasteiger charge is 2.19. The van der Waals surface area contributed by atoms with E-state index < -0.39 is 0 Å². The lowest BCUT2D eigenvalue weighted by Gasteiger charge is -2.25. The molecule has 0 unspecified atom stereocenters. The van der Waals surface area contributed by atoms with E-state index in [1.165, 1.54) is 30.4 Å². The number of hydrogen-bond acceptors (Lipinski definition) is 3. The number of nitrogens with zero attached hydrogens (tertiary/aromatic N) is 1. The Hall–Kier alpha value is -1.35. The minimum Gasteiger partial charge on any atom is -0.375 e. The molecule has 1 fully saturated rings. The van der Waals surface area contributed by atoms with Crippen molar-refractivity contribution in [1.82, 2.24) is 4.98 Å². The summed E-state index contributed by atoms with van der Waals surface area (Å²) in [6.07, 6.45) is 5.94. The first-order chi connectivity index (χ1) is 7.83. The maximum atomic E-state index is 5.63. The standard InChI is InChI=1S/C13H14N2S/c14-13-15-8-12(16-13)11-6-4-10(5-7-11)9-2-1-3-9/h4-9H,1-3H2,(H2,14,15). The summed E-state index contributed by atoms with van der Waals surface area (Å²) < 4.78 is 0. The number of rotatable bonds is 2. The molecular weight excluding hydrogens is 216 g/mol. The third-order valence-electron chi connectivity index (χ3n) is 3.30. The number of nitrogen functional groups attached to an aromatic ring is 1. The van der Waals surface area contributed by atoms with Crippen LogP contribution in [0.2, 0.25) is 0 Å². The van der Waals surface area contributed by atoms with E-state index in [0.717, 1.165) is 10.8 Å². The molecule has 0 aliphatic heterocycles. The lowest BCUT2D eigenvalue weighted by Crippen LogP contribution is -2.08. The highest BCUT2D eigenvalue weighted by atomic mass is 32.1. The fraction of sp³-hybridized carbons (Fsp3) is 0.308. The Morgan fingerprint density at radius 1 is 1.19 bits per heavy atom. The third-order valence-corrected chi connectivity index (χ3v) is 4.17. The van der Waals surface area contributed by atoms with Gasteiger partial charge in [0, 0.05) is 6.20 Å². The van der Waals surface area contributed by atoms with Gasteiger partial charge in [-0.15, -0.1) is 0 Å². The van der Waals surface area contributed by atoms with Gasteiger partial charge in [0.05, 0.1) is 4.88 Å². The maximum Gasteiger partial charge on any atom is 0.180 e. The summed E-state index contributed by atoms with van der Waals surface area (Å²) in [7, 11) is 0. The average molecular weight is 230 g/mol. The number of benzene rings is 1. The van der Waals surface area contributed by atoms with Crippen molar-refractivity contribution < 1.29 is 0 Å². The predicted octanol–water partition coefficient (Wildman–Crippen LogP) is 3.66. The van der Waals surface area contributed by atoms with Crippen LogP contribution < -0.4 is 5.73 Å². The summed E-state index contributed by atoms with van der Waals surface area (Å²) in [6, 6.07) is 8.85. The molecule has 1 aromatic carbocycles. The Balaban J connectivity index is 1.86. The monoisotopic (exact) mass is 230 g/mol. The second kappa shape index (κ2) is 3.91. The van der Waals surface area contributed by atoms with Crippen LogP contribution >= 0.6 is 11.3 Å². The molecule has 3 rings (SSSR count). The van der Waals surface area contributed by atoms with Crippen molar-refractivity contribution in [3.05, 3.63) is 36.0 Å². The van der Waals surface area contributed by atoms with E-state index in [1.807, 2.05) is 6.20 Å². The molecule has 16 heavy (non-hydrogen) atoms. The summed E-state index contributed by atoms with van der Waals surface area (Å²) >= 11 is 1.54. The highest BCUT2D eigenvalue weighted by molar-refractivity contribution is 7.18. The molecule has 1 heterocycles. The largest absolute Gasteiger partial charge is 0.375 e. The maximum absolute atomic E-state index is 5.63. The molecular formula is C13H14N2S. The van der Waals surface area contributed by atoms with Crippen molar-refractivity contribution in [1.29, 1.82) is 0 Å². The predicted molar refractivity (Wildman–Crippen MR) is 68.6 cm³/mol. The van der Waals surface area contributed by atoms with Gasteiger partial charge in [0.1, 0.15) is 0 Å². The van der Waals surface area contributed by atoms with E-state index in [1.54, 1.807) is 11.3 Å². The van der Waals surface area contributed by atoms with Gasteiger partial charge in [-0.05, 0) is 29.9 Å². The first-order valence-corrected chi connectivity index (χ1v) is 6.46. The second-order valence-electron chi connectivity index (χ2n) is 4.31. The van der Waals surface area contributed by atoms with E-state index in [4.69, 9.17) is 5.73 Å². The van der Waals surface area contributed by atoms with Gasteiger partial charge in [0.15, 0.2) is 5.13 Å². The van der Waals surface area contributed by atoms with Crippen LogP contribution in [0.1, 0.15) is 30.7 Å². The molecule has 3 heteroatoms. The molecule has 0 saturated heterocycles. The molecule has 0 bridgehead atoms. The van der Waals surface area contributed by atoms with E-state index >= 15 is 0 Å². The Labute approximate surface area is 99.1 Å². The molecule has 0 spiro atoms. The van der Waals surface area contributed by atoms with Gasteiger partial charge in [0.2, 0.25) is 0 Å². The van der Waals surface area contributed by atoms with Crippen molar-refractivity contribution in [3.8, 4) is 10.4 Å². The molecule has 0 atom stereocenters. The quantitative estimate of drug-likeness (QED) is 0.855. The van der Waals surface area contributed by atoms with Crippen LogP contribution in [0.3, 0.4) is 0 Å². The molecule has 1 aliphatic carbocycles. The molecule has 2 N–H and O–H groups in total. The van der Waals surface area contributed by atoms with Gasteiger partial charge in [-0.3, -0.25) is 0 Å². The Bertz CT molecular complexity index is 483. The van der Waals surface area contributed by atoms with Crippen LogP contribution in [0.4, 0.5) is 5.13 Å². The molecule has 1 aromatic heterocycles. The van der Waals surface area contributed by atoms with Crippen molar-refractivity contribution in [2.24, 2.45) is 0 Å². The Kier molecular flexibility index (Phi) is 2.40. The summed E-state index contributed by atoms with van der Waals surface area (Å²) in [6.45, 7) is 0. The van der Waals surface area contributed by atoms with Crippen molar-refractivity contribution in [2.45, 2.75) is 25.2 Å². The Morgan fingerprint density at radius 2 is 1.94 bits per heavy atom. The lowest BCUT2D eigenvalue weighted by atomic mass is 9.80. The summed E-state index contributed by atoms with van der Waals surface area (Å²) in [5.41, 5.74) is 8.33. The van der Waals surface area contributed by atoms with Gasteiger partial charge in [-0.25, -0.2) is 4.98 Å². The zero-order valence-electron chi connectivity index (χ0n) is 9.02. The fourth-order valence-electron chi connectivity index (χ4n) is 2.08. The van der Waals surface area contributed by atoms with Crippen LogP contribution in [0.25, 0.3) is 10.4 Å². The number of nitrogens with two attached hydrogens (primary N) is 1. The first-order valence-electron chi connectivity index (χ1n) is 5.64. The number of anilines is 1. The van der Waals surface area contributed by atoms with Crippen LogP contribution in [0.15, 0.2) is 30.5 Å². The van der Waals surface area contributed by atoms with Gasteiger partial charge in [-0.1, -0.05) is 42.0 Å². The van der Waals surface area contributed by atoms with Gasteiger partial charge < -0.3 is 5.73 Å². The van der Waals surface area contributed by atoms with Crippen molar-refractivity contribution in [2.75, 3.05) is 5.73 Å². The average Bonchev–Trinajstić information content (AvgIpc) is 2.63. The van der Waals surface area contributed by atoms with Crippen LogP contribution in [0, 0.1) is 0 Å². The summed E-state index contributed by atoms with van der Waals surface area (Å²) in [5.74, 6) is 0.806. The number of aromatic nitrogens is 1. The molecule has 1 aliphatic rings. The smallest absolute Gasteiger partial charge is 0.180 e. The minimum absolute atomic E-state index is 0.637. The third kappa shape index (κ3) is 1.71. The minimum atomic E-state index is 0.637. The van der Waals surface area contributed by atoms with Gasteiger partial charge in [0.25, 0.3) is 0 Å². The van der Waals surface area contributed by atoms with Crippen molar-refractivity contribution in [3.63, 3.8) is 0 Å². The molecule has 82 valence electrons. The van der Waals surface area contributed by atoms with Gasteiger partial charge in [-0.2, -0.15) is 0 Å². The zero-order valence-corrected chi connectivity index (χ0v) is 9.83. The van der Waals surface area contributed by atoms with Crippen LogP contribution in [0.5, 0.6) is 0 Å². The van der Waals surface area contributed by atoms with E-state index in [-0.39, 0.29) is 0 Å². The zero-order chi connectivity index (χ0) is 11.0. The SMILES string of the molecule is Nc1ncc(-c2ccc(C3CCC3)cc2)s1. The number of thiazole rings is 1. The second-order valence-corrected chi connectivity index (χ2v) is 5.37. The highest BCUT2D eigenvalue weighted by Crippen LogP contribution is 2.37. The summed E-state index contributed by atoms with van der Waals surface area (Å²) in [4.78, 5) is 5.22. The number of hydrogen-bond donors (Lipinski definition) is 1. The molecule has 0 amide bonds. The fourth-order valence-corrected chi connectivity index (χ4v) is 2.77. The van der Waals surface area contributed by atoms with Crippen LogP contribution in [-0.2, 0) is 0 Å². The first kappa shape index (κ1) is 9.85. The van der Waals surface area contributed by atoms with Crippen molar-refractivity contribution >= 4 is 16.5 Å². The molecule has 2 aromatic rings. The van der Waals surface area contributed by atoms with Crippen LogP contribution in [-0.4, -0.2) is 4.98 Å². The summed E-state index contributed by atoms with van der Waals surface area (Å²) in [5, 5.41) is 0.637.